The van der Waals surface area contributed by atoms with Gasteiger partial charge in [-0.25, -0.2) is 0 Å². The van der Waals surface area contributed by atoms with Gasteiger partial charge in [0, 0.05) is 11.6 Å². The van der Waals surface area contributed by atoms with Crippen LogP contribution >= 0.6 is 0 Å². The molecule has 0 aromatic carbocycles. The lowest BCUT2D eigenvalue weighted by Crippen LogP contribution is -1.70. The number of aryl methyl sites for hydroxylation is 2. The number of pyridine rings is 1. The van der Waals surface area contributed by atoms with Gasteiger partial charge in [-0.15, -0.1) is 0 Å². The molecule has 0 atom stereocenters. The number of fused-ring (bicyclic) bond motifs is 1. The summed E-state index contributed by atoms with van der Waals surface area (Å²) >= 11 is 0. The Morgan fingerprint density at radius 2 is 1.67 bits per heavy atom. The molecule has 0 bridgehead atoms. The average Bonchev–Trinajstić information content (AvgIpc) is 2.61. The predicted octanol–water partition coefficient (Wildman–Crippen LogP) is 4.50. The molecular formula is C13H21NO. The van der Waals surface area contributed by atoms with E-state index in [4.69, 9.17) is 4.42 Å². The van der Waals surface area contributed by atoms with Gasteiger partial charge >= 0.3 is 0 Å². The van der Waals surface area contributed by atoms with E-state index in [0.29, 0.717) is 0 Å². The zero-order valence-electron chi connectivity index (χ0n) is 10.6. The molecule has 2 aromatic heterocycles. The van der Waals surface area contributed by atoms with Gasteiger partial charge in [0.1, 0.15) is 5.76 Å². The molecule has 0 aliphatic heterocycles. The summed E-state index contributed by atoms with van der Waals surface area (Å²) < 4.78 is 5.44. The molecule has 0 fully saturated rings. The standard InChI is InChI=1S/C9H9NO.2C2H6/c1-6-7(2)11-9-5-10-4-3-8(6)9;2*1-2/h3-5H,1-2H3;2*1-2H3. The van der Waals surface area contributed by atoms with Gasteiger partial charge in [0.15, 0.2) is 5.58 Å². The van der Waals surface area contributed by atoms with Crippen LogP contribution in [0.3, 0.4) is 0 Å². The third-order valence-corrected chi connectivity index (χ3v) is 1.98. The highest BCUT2D eigenvalue weighted by Crippen LogP contribution is 2.22. The molecule has 0 spiro atoms. The number of aromatic nitrogens is 1. The van der Waals surface area contributed by atoms with E-state index in [2.05, 4.69) is 11.9 Å². The number of furan rings is 1. The molecule has 2 rings (SSSR count). The molecule has 2 heteroatoms. The van der Waals surface area contributed by atoms with Crippen molar-refractivity contribution in [1.29, 1.82) is 0 Å². The van der Waals surface area contributed by atoms with Crippen molar-refractivity contribution in [2.24, 2.45) is 0 Å². The second-order valence-corrected chi connectivity index (χ2v) is 2.66. The van der Waals surface area contributed by atoms with Crippen LogP contribution in [0.1, 0.15) is 39.0 Å². The fourth-order valence-electron chi connectivity index (χ4n) is 1.20. The van der Waals surface area contributed by atoms with Crippen LogP contribution in [-0.4, -0.2) is 4.98 Å². The fourth-order valence-corrected chi connectivity index (χ4v) is 1.20. The minimum Gasteiger partial charge on any atom is -0.459 e. The summed E-state index contributed by atoms with van der Waals surface area (Å²) in [4.78, 5) is 3.97. The molecule has 2 aromatic rings. The quantitative estimate of drug-likeness (QED) is 0.635. The van der Waals surface area contributed by atoms with E-state index in [9.17, 15) is 0 Å². The van der Waals surface area contributed by atoms with Crippen molar-refractivity contribution in [3.63, 3.8) is 0 Å². The van der Waals surface area contributed by atoms with Crippen molar-refractivity contribution >= 4 is 11.0 Å². The van der Waals surface area contributed by atoms with Crippen molar-refractivity contribution in [3.8, 4) is 0 Å². The van der Waals surface area contributed by atoms with Gasteiger partial charge < -0.3 is 4.42 Å². The van der Waals surface area contributed by atoms with Gasteiger partial charge in [0.2, 0.25) is 0 Å². The summed E-state index contributed by atoms with van der Waals surface area (Å²) in [6.45, 7) is 12.0. The first-order valence-electron chi connectivity index (χ1n) is 5.59. The molecule has 84 valence electrons. The molecule has 0 aliphatic rings. The predicted molar refractivity (Wildman–Crippen MR) is 66.2 cm³/mol. The summed E-state index contributed by atoms with van der Waals surface area (Å²) in [5.41, 5.74) is 2.09. The molecule has 0 amide bonds. The van der Waals surface area contributed by atoms with Gasteiger partial charge in [0.05, 0.1) is 6.20 Å². The Bertz CT molecular complexity index is 390. The van der Waals surface area contributed by atoms with Crippen molar-refractivity contribution in [2.45, 2.75) is 41.5 Å². The van der Waals surface area contributed by atoms with E-state index in [1.807, 2.05) is 40.7 Å². The zero-order chi connectivity index (χ0) is 11.8. The van der Waals surface area contributed by atoms with Crippen LogP contribution in [0, 0.1) is 13.8 Å². The van der Waals surface area contributed by atoms with E-state index in [1.54, 1.807) is 12.4 Å². The minimum absolute atomic E-state index is 0.877. The molecule has 2 heterocycles. The van der Waals surface area contributed by atoms with E-state index in [1.165, 1.54) is 5.56 Å². The normalized spacial score (nSPS) is 8.67. The van der Waals surface area contributed by atoms with Crippen molar-refractivity contribution in [2.75, 3.05) is 0 Å². The Labute approximate surface area is 92.3 Å². The lowest BCUT2D eigenvalue weighted by Gasteiger charge is -1.84. The van der Waals surface area contributed by atoms with Crippen LogP contribution in [0.25, 0.3) is 11.0 Å². The zero-order valence-corrected chi connectivity index (χ0v) is 10.6. The Balaban J connectivity index is 0.000000442. The lowest BCUT2D eigenvalue weighted by molar-refractivity contribution is 0.574. The monoisotopic (exact) mass is 207 g/mol. The van der Waals surface area contributed by atoms with Crippen molar-refractivity contribution in [1.82, 2.24) is 4.98 Å². The highest BCUT2D eigenvalue weighted by molar-refractivity contribution is 5.80. The van der Waals surface area contributed by atoms with Crippen LogP contribution < -0.4 is 0 Å². The van der Waals surface area contributed by atoms with Crippen LogP contribution in [-0.2, 0) is 0 Å². The van der Waals surface area contributed by atoms with E-state index in [-0.39, 0.29) is 0 Å². The highest BCUT2D eigenvalue weighted by atomic mass is 16.3. The smallest absolute Gasteiger partial charge is 0.152 e. The summed E-state index contributed by atoms with van der Waals surface area (Å²) in [6, 6.07) is 1.97. The number of hydrogen-bond donors (Lipinski definition) is 0. The van der Waals surface area contributed by atoms with Crippen LogP contribution in [0.5, 0.6) is 0 Å². The lowest BCUT2D eigenvalue weighted by atomic mass is 10.2. The van der Waals surface area contributed by atoms with Gasteiger partial charge in [0.25, 0.3) is 0 Å². The fraction of sp³-hybridized carbons (Fsp3) is 0.462. The molecule has 15 heavy (non-hydrogen) atoms. The molecule has 0 unspecified atom stereocenters. The first-order chi connectivity index (χ1) is 7.29. The summed E-state index contributed by atoms with van der Waals surface area (Å²) in [7, 11) is 0. The van der Waals surface area contributed by atoms with Gasteiger partial charge in [-0.3, -0.25) is 4.98 Å². The molecule has 0 radical (unpaired) electrons. The summed E-state index contributed by atoms with van der Waals surface area (Å²) in [5.74, 6) is 0.980. The second kappa shape index (κ2) is 7.04. The Morgan fingerprint density at radius 3 is 2.20 bits per heavy atom. The SMILES string of the molecule is CC.CC.Cc1oc2cnccc2c1C. The van der Waals surface area contributed by atoms with Gasteiger partial charge in [-0.1, -0.05) is 27.7 Å². The van der Waals surface area contributed by atoms with E-state index < -0.39 is 0 Å². The molecular weight excluding hydrogens is 186 g/mol. The molecule has 2 nitrogen and oxygen atoms in total. The van der Waals surface area contributed by atoms with E-state index >= 15 is 0 Å². The topological polar surface area (TPSA) is 26.0 Å². The van der Waals surface area contributed by atoms with Crippen molar-refractivity contribution in [3.05, 3.63) is 29.8 Å². The number of hydrogen-bond acceptors (Lipinski definition) is 2. The Morgan fingerprint density at radius 1 is 1.07 bits per heavy atom. The second-order valence-electron chi connectivity index (χ2n) is 2.66. The first-order valence-corrected chi connectivity index (χ1v) is 5.59. The molecule has 0 N–H and O–H groups in total. The number of rotatable bonds is 0. The maximum atomic E-state index is 5.44. The largest absolute Gasteiger partial charge is 0.459 e. The summed E-state index contributed by atoms with van der Waals surface area (Å²) in [5, 5.41) is 1.16. The molecule has 0 saturated carbocycles. The van der Waals surface area contributed by atoms with Gasteiger partial charge in [-0.05, 0) is 25.5 Å². The van der Waals surface area contributed by atoms with Crippen LogP contribution in [0.2, 0.25) is 0 Å². The van der Waals surface area contributed by atoms with Gasteiger partial charge in [-0.2, -0.15) is 0 Å². The van der Waals surface area contributed by atoms with Crippen LogP contribution in [0.4, 0.5) is 0 Å². The minimum atomic E-state index is 0.877. The van der Waals surface area contributed by atoms with E-state index in [0.717, 1.165) is 16.7 Å². The maximum absolute atomic E-state index is 5.44. The Hall–Kier alpha value is -1.31. The average molecular weight is 207 g/mol. The first kappa shape index (κ1) is 13.7. The third kappa shape index (κ3) is 3.08. The summed E-state index contributed by atoms with van der Waals surface area (Å²) in [6.07, 6.45) is 3.53. The molecule has 0 aliphatic carbocycles. The number of nitrogens with zero attached hydrogens (tertiary/aromatic N) is 1. The van der Waals surface area contributed by atoms with Crippen molar-refractivity contribution < 1.29 is 4.42 Å². The molecule has 0 saturated heterocycles. The third-order valence-electron chi connectivity index (χ3n) is 1.98. The maximum Gasteiger partial charge on any atom is 0.152 e. The Kier molecular flexibility index (Phi) is 6.43. The highest BCUT2D eigenvalue weighted by Gasteiger charge is 2.04. The van der Waals surface area contributed by atoms with Crippen LogP contribution in [0.15, 0.2) is 22.9 Å².